The molecule has 2 amide bonds. The van der Waals surface area contributed by atoms with Crippen molar-refractivity contribution in [1.29, 1.82) is 0 Å². The van der Waals surface area contributed by atoms with Crippen LogP contribution in [0.2, 0.25) is 0 Å². The van der Waals surface area contributed by atoms with E-state index >= 15 is 0 Å². The standard InChI is InChI=1S/C33H31F2N3O5/c1-19-13-20(2)30(21(3)14-19)38-33(41)37-29-16-24(23-10-12-26(34)27(35)15-23)9-11-25(29)31(39)43-32(40)28(36)18-42-17-22-7-5-4-6-8-22/h4-16,28H,17-18,36H2,1-3H3,(H2,37,38,41)/t28-/m0/s1. The summed E-state index contributed by atoms with van der Waals surface area (Å²) in [5, 5.41) is 5.39. The van der Waals surface area contributed by atoms with Crippen LogP contribution in [0.5, 0.6) is 0 Å². The quantitative estimate of drug-likeness (QED) is 0.153. The molecule has 0 fully saturated rings. The molecule has 8 nitrogen and oxygen atoms in total. The maximum absolute atomic E-state index is 13.9. The molecule has 0 spiro atoms. The zero-order chi connectivity index (χ0) is 31.1. The summed E-state index contributed by atoms with van der Waals surface area (Å²) in [5.41, 5.74) is 10.5. The van der Waals surface area contributed by atoms with Gasteiger partial charge in [0.05, 0.1) is 24.5 Å². The minimum Gasteiger partial charge on any atom is -0.388 e. The molecule has 0 aromatic heterocycles. The van der Waals surface area contributed by atoms with Crippen molar-refractivity contribution in [3.8, 4) is 11.1 Å². The Labute approximate surface area is 247 Å². The van der Waals surface area contributed by atoms with E-state index in [2.05, 4.69) is 10.6 Å². The van der Waals surface area contributed by atoms with Crippen LogP contribution in [0.25, 0.3) is 11.1 Å². The Hall–Kier alpha value is -4.93. The number of nitrogens with two attached hydrogens (primary N) is 1. The largest absolute Gasteiger partial charge is 0.388 e. The van der Waals surface area contributed by atoms with Crippen LogP contribution >= 0.6 is 0 Å². The molecule has 0 saturated carbocycles. The fourth-order valence-electron chi connectivity index (χ4n) is 4.49. The van der Waals surface area contributed by atoms with Gasteiger partial charge in [-0.2, -0.15) is 0 Å². The third-order valence-corrected chi connectivity index (χ3v) is 6.56. The summed E-state index contributed by atoms with van der Waals surface area (Å²) >= 11 is 0. The Bertz CT molecular complexity index is 1640. The lowest BCUT2D eigenvalue weighted by Crippen LogP contribution is -2.38. The van der Waals surface area contributed by atoms with Crippen LogP contribution in [0.3, 0.4) is 0 Å². The highest BCUT2D eigenvalue weighted by atomic mass is 19.2. The van der Waals surface area contributed by atoms with Gasteiger partial charge in [0, 0.05) is 5.69 Å². The van der Waals surface area contributed by atoms with Gasteiger partial charge in [0.1, 0.15) is 6.04 Å². The number of nitrogens with one attached hydrogen (secondary N) is 2. The van der Waals surface area contributed by atoms with Gasteiger partial charge < -0.3 is 25.8 Å². The van der Waals surface area contributed by atoms with E-state index in [-0.39, 0.29) is 24.5 Å². The van der Waals surface area contributed by atoms with E-state index in [4.69, 9.17) is 15.2 Å². The number of esters is 2. The maximum Gasteiger partial charge on any atom is 0.347 e. The van der Waals surface area contributed by atoms with Gasteiger partial charge in [-0.15, -0.1) is 0 Å². The lowest BCUT2D eigenvalue weighted by molar-refractivity contribution is -0.141. The van der Waals surface area contributed by atoms with Gasteiger partial charge in [-0.1, -0.05) is 60.2 Å². The number of hydrogen-bond acceptors (Lipinski definition) is 6. The van der Waals surface area contributed by atoms with Crippen LogP contribution in [0, 0.1) is 32.4 Å². The molecule has 0 radical (unpaired) electrons. The average molecular weight is 588 g/mol. The number of aryl methyl sites for hydroxylation is 3. The molecule has 0 bridgehead atoms. The lowest BCUT2D eigenvalue weighted by Gasteiger charge is -2.16. The van der Waals surface area contributed by atoms with Gasteiger partial charge in [0.2, 0.25) is 0 Å². The van der Waals surface area contributed by atoms with Crippen molar-refractivity contribution in [3.63, 3.8) is 0 Å². The van der Waals surface area contributed by atoms with E-state index in [9.17, 15) is 23.2 Å². The van der Waals surface area contributed by atoms with Gasteiger partial charge in [0.15, 0.2) is 11.6 Å². The van der Waals surface area contributed by atoms with Gasteiger partial charge >= 0.3 is 18.0 Å². The Balaban J connectivity index is 1.54. The number of carbonyl (C=O) groups excluding carboxylic acids is 3. The van der Waals surface area contributed by atoms with Crippen molar-refractivity contribution in [3.05, 3.63) is 118 Å². The van der Waals surface area contributed by atoms with Crippen molar-refractivity contribution in [2.75, 3.05) is 17.2 Å². The number of carbonyl (C=O) groups is 3. The van der Waals surface area contributed by atoms with Crippen molar-refractivity contribution < 1.29 is 32.6 Å². The van der Waals surface area contributed by atoms with E-state index in [1.807, 2.05) is 63.2 Å². The molecular formula is C33H31F2N3O5. The highest BCUT2D eigenvalue weighted by Gasteiger charge is 2.24. The molecule has 1 atom stereocenters. The molecule has 4 N–H and O–H groups in total. The topological polar surface area (TPSA) is 120 Å². The number of urea groups is 1. The summed E-state index contributed by atoms with van der Waals surface area (Å²) in [4.78, 5) is 38.7. The molecule has 0 unspecified atom stereocenters. The molecule has 0 heterocycles. The first-order valence-corrected chi connectivity index (χ1v) is 13.4. The Morgan fingerprint density at radius 1 is 0.814 bits per heavy atom. The smallest absolute Gasteiger partial charge is 0.347 e. The SMILES string of the molecule is Cc1cc(C)c(NC(=O)Nc2cc(-c3ccc(F)c(F)c3)ccc2C(=O)OC(=O)[C@@H](N)COCc2ccccc2)c(C)c1. The number of rotatable bonds is 9. The lowest BCUT2D eigenvalue weighted by atomic mass is 10.0. The molecule has 0 aliphatic heterocycles. The maximum atomic E-state index is 13.9. The molecular weight excluding hydrogens is 556 g/mol. The van der Waals surface area contributed by atoms with Crippen LogP contribution in [0.1, 0.15) is 32.6 Å². The molecule has 4 rings (SSSR count). The normalized spacial score (nSPS) is 11.5. The molecule has 4 aromatic rings. The van der Waals surface area contributed by atoms with E-state index in [1.54, 1.807) is 0 Å². The summed E-state index contributed by atoms with van der Waals surface area (Å²) in [6, 6.07) is 18.6. The van der Waals surface area contributed by atoms with E-state index in [0.717, 1.165) is 34.4 Å². The van der Waals surface area contributed by atoms with Crippen LogP contribution in [0.15, 0.2) is 78.9 Å². The number of benzene rings is 4. The third-order valence-electron chi connectivity index (χ3n) is 6.56. The summed E-state index contributed by atoms with van der Waals surface area (Å²) < 4.78 is 38.0. The minimum absolute atomic E-state index is 0.0335. The van der Waals surface area contributed by atoms with Gasteiger partial charge in [-0.3, -0.25) is 0 Å². The summed E-state index contributed by atoms with van der Waals surface area (Å²) in [5.74, 6) is -4.18. The third kappa shape index (κ3) is 8.09. The molecule has 0 saturated heterocycles. The first-order valence-electron chi connectivity index (χ1n) is 13.4. The zero-order valence-corrected chi connectivity index (χ0v) is 23.9. The van der Waals surface area contributed by atoms with Crippen molar-refractivity contribution in [2.45, 2.75) is 33.4 Å². The molecule has 0 aliphatic carbocycles. The predicted octanol–water partition coefficient (Wildman–Crippen LogP) is 6.43. The number of ether oxygens (including phenoxy) is 2. The molecule has 222 valence electrons. The summed E-state index contributed by atoms with van der Waals surface area (Å²) in [6.07, 6.45) is 0. The van der Waals surface area contributed by atoms with Crippen LogP contribution in [0.4, 0.5) is 25.0 Å². The minimum atomic E-state index is -1.25. The predicted molar refractivity (Wildman–Crippen MR) is 160 cm³/mol. The average Bonchev–Trinajstić information content (AvgIpc) is 2.96. The van der Waals surface area contributed by atoms with Crippen molar-refractivity contribution >= 4 is 29.3 Å². The Kier molecular flexibility index (Phi) is 9.97. The fourth-order valence-corrected chi connectivity index (χ4v) is 4.49. The first kappa shape index (κ1) is 31.0. The number of hydrogen-bond donors (Lipinski definition) is 3. The molecule has 0 aliphatic rings. The van der Waals surface area contributed by atoms with Gasteiger partial charge in [-0.05, 0) is 72.9 Å². The molecule has 10 heteroatoms. The first-order chi connectivity index (χ1) is 20.5. The Morgan fingerprint density at radius 3 is 2.14 bits per heavy atom. The number of halogens is 2. The number of anilines is 2. The molecule has 43 heavy (non-hydrogen) atoms. The van der Waals surface area contributed by atoms with Crippen LogP contribution in [-0.4, -0.2) is 30.6 Å². The Morgan fingerprint density at radius 2 is 1.47 bits per heavy atom. The van der Waals surface area contributed by atoms with Gasteiger partial charge in [0.25, 0.3) is 0 Å². The highest BCUT2D eigenvalue weighted by molar-refractivity contribution is 6.08. The monoisotopic (exact) mass is 587 g/mol. The molecule has 4 aromatic carbocycles. The highest BCUT2D eigenvalue weighted by Crippen LogP contribution is 2.29. The van der Waals surface area contributed by atoms with Crippen LogP contribution in [-0.2, 0) is 20.9 Å². The number of amides is 2. The summed E-state index contributed by atoms with van der Waals surface area (Å²) in [7, 11) is 0. The second-order valence-corrected chi connectivity index (χ2v) is 10.1. The van der Waals surface area contributed by atoms with E-state index in [0.29, 0.717) is 16.8 Å². The van der Waals surface area contributed by atoms with Gasteiger partial charge in [-0.25, -0.2) is 23.2 Å². The van der Waals surface area contributed by atoms with Crippen molar-refractivity contribution in [2.24, 2.45) is 5.73 Å². The second kappa shape index (κ2) is 13.8. The van der Waals surface area contributed by atoms with Crippen molar-refractivity contribution in [1.82, 2.24) is 0 Å². The zero-order valence-electron chi connectivity index (χ0n) is 23.9. The fraction of sp³-hybridized carbons (Fsp3) is 0.182. The van der Waals surface area contributed by atoms with Crippen LogP contribution < -0.4 is 16.4 Å². The van der Waals surface area contributed by atoms with E-state index in [1.165, 1.54) is 24.3 Å². The second-order valence-electron chi connectivity index (χ2n) is 10.1. The summed E-state index contributed by atoms with van der Waals surface area (Å²) in [6.45, 7) is 5.65. The van der Waals surface area contributed by atoms with E-state index < -0.39 is 35.6 Å².